The van der Waals surface area contributed by atoms with Crippen LogP contribution in [0.2, 0.25) is 5.02 Å². The van der Waals surface area contributed by atoms with Crippen molar-refractivity contribution in [1.29, 1.82) is 0 Å². The Morgan fingerprint density at radius 3 is 2.74 bits per heavy atom. The van der Waals surface area contributed by atoms with Crippen LogP contribution in [0.1, 0.15) is 25.2 Å². The zero-order valence-corrected chi connectivity index (χ0v) is 13.0. The highest BCUT2D eigenvalue weighted by Gasteiger charge is 2.15. The van der Waals surface area contributed by atoms with Crippen LogP contribution in [0.5, 0.6) is 0 Å². The number of halogens is 2. The van der Waals surface area contributed by atoms with Gasteiger partial charge in [0, 0.05) is 11.1 Å². The Kier molecular flexibility index (Phi) is 4.71. The molecule has 0 amide bonds. The molecule has 104 valence electrons. The highest BCUT2D eigenvalue weighted by Crippen LogP contribution is 2.26. The van der Waals surface area contributed by atoms with Gasteiger partial charge in [0.05, 0.1) is 16.9 Å². The summed E-state index contributed by atoms with van der Waals surface area (Å²) in [6, 6.07) is 6.18. The van der Waals surface area contributed by atoms with Crippen LogP contribution in [0.3, 0.4) is 0 Å². The second kappa shape index (κ2) is 6.12. The molecule has 0 radical (unpaired) electrons. The van der Waals surface area contributed by atoms with E-state index >= 15 is 0 Å². The molecule has 0 saturated carbocycles. The van der Waals surface area contributed by atoms with E-state index in [0.29, 0.717) is 16.9 Å². The van der Waals surface area contributed by atoms with Crippen molar-refractivity contribution in [2.75, 3.05) is 20.6 Å². The van der Waals surface area contributed by atoms with E-state index < -0.39 is 0 Å². The van der Waals surface area contributed by atoms with Gasteiger partial charge < -0.3 is 9.47 Å². The van der Waals surface area contributed by atoms with Crippen LogP contribution in [0.4, 0.5) is 0 Å². The molecule has 0 spiro atoms. The van der Waals surface area contributed by atoms with E-state index in [2.05, 4.69) is 35.5 Å². The molecule has 3 nitrogen and oxygen atoms in total. The van der Waals surface area contributed by atoms with Gasteiger partial charge in [-0.05, 0) is 52.2 Å². The highest BCUT2D eigenvalue weighted by molar-refractivity contribution is 6.31. The first-order valence-corrected chi connectivity index (χ1v) is 7.31. The van der Waals surface area contributed by atoms with E-state index in [1.165, 1.54) is 0 Å². The van der Waals surface area contributed by atoms with Crippen molar-refractivity contribution in [3.63, 3.8) is 0 Å². The second-order valence-electron chi connectivity index (χ2n) is 5.11. The highest BCUT2D eigenvalue weighted by atomic mass is 35.5. The summed E-state index contributed by atoms with van der Waals surface area (Å²) in [4.78, 5) is 6.76. The van der Waals surface area contributed by atoms with E-state index in [1.807, 2.05) is 18.2 Å². The maximum atomic E-state index is 6.02. The predicted octanol–water partition coefficient (Wildman–Crippen LogP) is 3.94. The Hall–Kier alpha value is -0.770. The Balaban J connectivity index is 2.39. The van der Waals surface area contributed by atoms with Crippen molar-refractivity contribution < 1.29 is 0 Å². The van der Waals surface area contributed by atoms with E-state index in [0.717, 1.165) is 29.8 Å². The number of fused-ring (bicyclic) bond motifs is 1. The Morgan fingerprint density at radius 1 is 1.37 bits per heavy atom. The van der Waals surface area contributed by atoms with Crippen molar-refractivity contribution in [2.45, 2.75) is 25.3 Å². The van der Waals surface area contributed by atoms with Gasteiger partial charge in [-0.15, -0.1) is 11.6 Å². The number of aromatic nitrogens is 2. The van der Waals surface area contributed by atoms with Crippen LogP contribution in [-0.4, -0.2) is 35.1 Å². The Bertz CT molecular complexity index is 563. The summed E-state index contributed by atoms with van der Waals surface area (Å²) in [6.45, 7) is 3.24. The molecule has 1 aromatic heterocycles. The number of hydrogen-bond acceptors (Lipinski definition) is 2. The number of hydrogen-bond donors (Lipinski definition) is 0. The van der Waals surface area contributed by atoms with Crippen LogP contribution in [0.25, 0.3) is 11.0 Å². The topological polar surface area (TPSA) is 21.1 Å². The van der Waals surface area contributed by atoms with Gasteiger partial charge in [-0.3, -0.25) is 0 Å². The van der Waals surface area contributed by atoms with Crippen molar-refractivity contribution in [3.05, 3.63) is 29.0 Å². The normalized spacial score (nSPS) is 13.4. The lowest BCUT2D eigenvalue weighted by Gasteiger charge is -2.19. The fourth-order valence-electron chi connectivity index (χ4n) is 2.28. The van der Waals surface area contributed by atoms with Gasteiger partial charge in [-0.2, -0.15) is 0 Å². The summed E-state index contributed by atoms with van der Waals surface area (Å²) in [5.41, 5.74) is 2.02. The average molecular weight is 300 g/mol. The number of nitrogens with zero attached hydrogens (tertiary/aromatic N) is 3. The maximum absolute atomic E-state index is 6.02. The van der Waals surface area contributed by atoms with Crippen LogP contribution >= 0.6 is 23.2 Å². The van der Waals surface area contributed by atoms with Crippen molar-refractivity contribution in [3.8, 4) is 0 Å². The third kappa shape index (κ3) is 3.22. The molecular weight excluding hydrogens is 281 g/mol. The third-order valence-electron chi connectivity index (χ3n) is 3.28. The molecule has 19 heavy (non-hydrogen) atoms. The van der Waals surface area contributed by atoms with Crippen molar-refractivity contribution in [1.82, 2.24) is 14.5 Å². The van der Waals surface area contributed by atoms with E-state index in [-0.39, 0.29) is 0 Å². The molecule has 1 unspecified atom stereocenters. The van der Waals surface area contributed by atoms with Gasteiger partial charge in [0.2, 0.25) is 0 Å². The first kappa shape index (κ1) is 14.6. The lowest BCUT2D eigenvalue weighted by Crippen LogP contribution is -2.18. The molecule has 0 aliphatic heterocycles. The lowest BCUT2D eigenvalue weighted by atomic mass is 10.2. The SMILES string of the molecule is CC(CCN(C)C)n1c(CCl)nc2cc(Cl)ccc21. The molecule has 2 aromatic rings. The number of alkyl halides is 1. The van der Waals surface area contributed by atoms with Gasteiger partial charge in [0.15, 0.2) is 0 Å². The summed E-state index contributed by atoms with van der Waals surface area (Å²) in [7, 11) is 4.17. The van der Waals surface area contributed by atoms with E-state index in [4.69, 9.17) is 23.2 Å². The standard InChI is InChI=1S/C14H19Cl2N3/c1-10(6-7-18(2)3)19-13-5-4-11(16)8-12(13)17-14(19)9-15/h4-5,8,10H,6-7,9H2,1-3H3. The molecule has 0 saturated heterocycles. The van der Waals surface area contributed by atoms with Crippen LogP contribution in [0.15, 0.2) is 18.2 Å². The molecule has 0 aliphatic carbocycles. The summed E-state index contributed by atoms with van der Waals surface area (Å²) in [5.74, 6) is 1.32. The first-order chi connectivity index (χ1) is 9.02. The fourth-order valence-corrected chi connectivity index (χ4v) is 2.64. The molecule has 1 aromatic carbocycles. The van der Waals surface area contributed by atoms with Gasteiger partial charge in [-0.25, -0.2) is 4.98 Å². The molecule has 0 fully saturated rings. The summed E-state index contributed by atoms with van der Waals surface area (Å²) in [5, 5.41) is 0.708. The number of rotatable bonds is 5. The smallest absolute Gasteiger partial charge is 0.125 e. The maximum Gasteiger partial charge on any atom is 0.125 e. The number of benzene rings is 1. The predicted molar refractivity (Wildman–Crippen MR) is 82.2 cm³/mol. The molecule has 0 aliphatic rings. The summed E-state index contributed by atoms with van der Waals surface area (Å²) < 4.78 is 2.22. The molecule has 2 rings (SSSR count). The fraction of sp³-hybridized carbons (Fsp3) is 0.500. The van der Waals surface area contributed by atoms with E-state index in [1.54, 1.807) is 0 Å². The molecular formula is C14H19Cl2N3. The first-order valence-electron chi connectivity index (χ1n) is 6.40. The summed E-state index contributed by atoms with van der Waals surface area (Å²) >= 11 is 12.0. The van der Waals surface area contributed by atoms with Crippen molar-refractivity contribution >= 4 is 34.2 Å². The largest absolute Gasteiger partial charge is 0.324 e. The van der Waals surface area contributed by atoms with E-state index in [9.17, 15) is 0 Å². The molecule has 0 bridgehead atoms. The van der Waals surface area contributed by atoms with Crippen LogP contribution < -0.4 is 0 Å². The van der Waals surface area contributed by atoms with Crippen LogP contribution in [-0.2, 0) is 5.88 Å². The van der Waals surface area contributed by atoms with Crippen LogP contribution in [0, 0.1) is 0 Å². The quantitative estimate of drug-likeness (QED) is 0.780. The lowest BCUT2D eigenvalue weighted by molar-refractivity contribution is 0.358. The molecule has 1 atom stereocenters. The Morgan fingerprint density at radius 2 is 2.11 bits per heavy atom. The van der Waals surface area contributed by atoms with Gasteiger partial charge in [-0.1, -0.05) is 11.6 Å². The third-order valence-corrected chi connectivity index (χ3v) is 3.75. The van der Waals surface area contributed by atoms with Gasteiger partial charge >= 0.3 is 0 Å². The average Bonchev–Trinajstić information content (AvgIpc) is 2.73. The van der Waals surface area contributed by atoms with Crippen molar-refractivity contribution in [2.24, 2.45) is 0 Å². The minimum absolute atomic E-state index is 0.363. The zero-order chi connectivity index (χ0) is 14.0. The minimum Gasteiger partial charge on any atom is -0.324 e. The molecule has 5 heteroatoms. The van der Waals surface area contributed by atoms with Gasteiger partial charge in [0.1, 0.15) is 5.82 Å². The molecule has 0 N–H and O–H groups in total. The monoisotopic (exact) mass is 299 g/mol. The number of imidazole rings is 1. The van der Waals surface area contributed by atoms with Gasteiger partial charge in [0.25, 0.3) is 0 Å². The summed E-state index contributed by atoms with van der Waals surface area (Å²) in [6.07, 6.45) is 1.06. The Labute approximate surface area is 124 Å². The second-order valence-corrected chi connectivity index (χ2v) is 5.81. The minimum atomic E-state index is 0.363. The zero-order valence-electron chi connectivity index (χ0n) is 11.5. The molecule has 1 heterocycles.